The van der Waals surface area contributed by atoms with Crippen molar-refractivity contribution in [1.29, 1.82) is 0 Å². The molecule has 4 aliphatic carbocycles. The van der Waals surface area contributed by atoms with E-state index in [4.69, 9.17) is 37.4 Å². The maximum Gasteiger partial charge on any atom is 0.346 e. The van der Waals surface area contributed by atoms with Gasteiger partial charge < -0.3 is 39.8 Å². The summed E-state index contributed by atoms with van der Waals surface area (Å²) in [6.07, 6.45) is 14.0. The number of Topliss-reactive ketones (excluding diaryl/α,β-unsaturated/α-hetero) is 1. The number of aliphatic hydroxyl groups is 2. The molecule has 5 N–H and O–H groups in total. The molecule has 1 spiro atoms. The average molecular weight is 842 g/mol. The molecule has 6 aliphatic rings. The van der Waals surface area contributed by atoms with Gasteiger partial charge in [-0.15, -0.1) is 0 Å². The number of fused-ring (bicyclic) bond motifs is 4. The number of hydrogen-bond donors (Lipinski definition) is 5. The molecule has 58 heavy (non-hydrogen) atoms. The number of amides is 1. The number of nitrogens with one attached hydrogen (secondary N) is 2. The van der Waals surface area contributed by atoms with Gasteiger partial charge in [0.1, 0.15) is 22.2 Å². The van der Waals surface area contributed by atoms with Crippen LogP contribution in [0.2, 0.25) is 10.2 Å². The molecule has 2 bridgehead atoms. The molecule has 3 heterocycles. The second kappa shape index (κ2) is 16.1. The van der Waals surface area contributed by atoms with Crippen LogP contribution in [0.5, 0.6) is 0 Å². The molecule has 2 aliphatic heterocycles. The summed E-state index contributed by atoms with van der Waals surface area (Å²) < 4.78 is 19.3. The molecular formula is C44H54Cl2N2O10. The van der Waals surface area contributed by atoms with E-state index in [1.54, 1.807) is 26.0 Å². The van der Waals surface area contributed by atoms with E-state index in [9.17, 15) is 29.7 Å². The fourth-order valence-corrected chi connectivity index (χ4v) is 11.5. The first-order valence-electron chi connectivity index (χ1n) is 20.5. The standard InChI is InChI=1S/C44H54Cl2N2O10/c1-6-24-20-44-38(51)33(41(55)58-44)37(50)43(7-2)25(12-10-8-9-11-17-42(44,5)21-27(24)40(53)54)14-15-26-28(43)16-13-22(3)36(26)57-32-19-30(49)34(23(4)56-32)48-39(52)35-29(45)18-31(46)47-35/h8,10-11,14-15,17-18,21-26,28,30,32,34,36,47,49-50H,6-7,9,12-13,16,19-20H2,1-5H3,(H,48,52)(H,53,54)/b10-8+,17-11+,37-33?/t22-,23-,24+,25-,26+,28-,30+,32+,34-,36-,42+,43-,44-/m1/s1. The van der Waals surface area contributed by atoms with E-state index >= 15 is 4.79 Å². The van der Waals surface area contributed by atoms with E-state index in [-0.39, 0.29) is 69.3 Å². The summed E-state index contributed by atoms with van der Waals surface area (Å²) in [6, 6.07) is 0.665. The van der Waals surface area contributed by atoms with Gasteiger partial charge in [-0.3, -0.25) is 9.59 Å². The molecule has 14 heteroatoms. The summed E-state index contributed by atoms with van der Waals surface area (Å²) in [6.45, 7) is 9.40. The van der Waals surface area contributed by atoms with Crippen LogP contribution < -0.4 is 5.32 Å². The lowest BCUT2D eigenvalue weighted by molar-refractivity contribution is -0.258. The number of carbonyl (C=O) groups excluding carboxylic acids is 3. The van der Waals surface area contributed by atoms with Crippen LogP contribution in [-0.4, -0.2) is 80.2 Å². The highest BCUT2D eigenvalue weighted by Crippen LogP contribution is 2.61. The first-order valence-corrected chi connectivity index (χ1v) is 21.3. The minimum atomic E-state index is -1.74. The summed E-state index contributed by atoms with van der Waals surface area (Å²) in [5.74, 6) is -4.71. The van der Waals surface area contributed by atoms with Gasteiger partial charge in [0.2, 0.25) is 5.78 Å². The lowest BCUT2D eigenvalue weighted by atomic mass is 9.51. The zero-order valence-electron chi connectivity index (χ0n) is 33.5. The molecule has 12 nitrogen and oxygen atoms in total. The number of aromatic nitrogens is 1. The molecule has 2 saturated heterocycles. The molecule has 314 valence electrons. The fraction of sp³-hybridized carbons (Fsp3) is 0.591. The summed E-state index contributed by atoms with van der Waals surface area (Å²) in [5, 5.41) is 37.4. The predicted octanol–water partition coefficient (Wildman–Crippen LogP) is 7.58. The van der Waals surface area contributed by atoms with Crippen molar-refractivity contribution >= 4 is 46.8 Å². The van der Waals surface area contributed by atoms with Gasteiger partial charge >= 0.3 is 11.9 Å². The second-order valence-electron chi connectivity index (χ2n) is 17.2. The van der Waals surface area contributed by atoms with E-state index in [0.29, 0.717) is 32.1 Å². The largest absolute Gasteiger partial charge is 0.511 e. The summed E-state index contributed by atoms with van der Waals surface area (Å²) in [5.41, 5.74) is -4.19. The Kier molecular flexibility index (Phi) is 11.8. The minimum Gasteiger partial charge on any atom is -0.511 e. The topological polar surface area (TPSA) is 184 Å². The molecule has 1 saturated carbocycles. The number of aliphatic carboxylic acids is 1. The zero-order valence-corrected chi connectivity index (χ0v) is 35.0. The van der Waals surface area contributed by atoms with Gasteiger partial charge in [-0.2, -0.15) is 0 Å². The Hall–Kier alpha value is -3.68. The van der Waals surface area contributed by atoms with Crippen molar-refractivity contribution in [3.8, 4) is 0 Å². The number of halogens is 2. The quantitative estimate of drug-likeness (QED) is 0.104. The number of carboxylic acids is 1. The molecule has 7 rings (SSSR count). The number of carbonyl (C=O) groups is 4. The van der Waals surface area contributed by atoms with Crippen molar-refractivity contribution < 1.29 is 48.7 Å². The normalized spacial score (nSPS) is 41.1. The van der Waals surface area contributed by atoms with E-state index in [1.807, 2.05) is 26.0 Å². The van der Waals surface area contributed by atoms with Crippen LogP contribution in [0.15, 0.2) is 65.5 Å². The van der Waals surface area contributed by atoms with Crippen molar-refractivity contribution in [2.24, 2.45) is 40.4 Å². The number of esters is 1. The van der Waals surface area contributed by atoms with Crippen molar-refractivity contribution in [3.05, 3.63) is 81.4 Å². The Morgan fingerprint density at radius 3 is 2.52 bits per heavy atom. The van der Waals surface area contributed by atoms with Crippen LogP contribution in [0.1, 0.15) is 96.5 Å². The van der Waals surface area contributed by atoms with E-state index in [0.717, 1.165) is 6.42 Å². The lowest BCUT2D eigenvalue weighted by Gasteiger charge is -2.55. The number of allylic oxidation sites excluding steroid dienone is 5. The van der Waals surface area contributed by atoms with Gasteiger partial charge in [-0.1, -0.05) is 86.5 Å². The molecule has 13 atom stereocenters. The monoisotopic (exact) mass is 840 g/mol. The number of rotatable bonds is 7. The highest BCUT2D eigenvalue weighted by molar-refractivity contribution is 6.36. The first kappa shape index (κ1) is 42.4. The molecule has 0 aromatic carbocycles. The Morgan fingerprint density at radius 2 is 1.86 bits per heavy atom. The van der Waals surface area contributed by atoms with Gasteiger partial charge in [0, 0.05) is 29.7 Å². The molecule has 1 aromatic rings. The predicted molar refractivity (Wildman–Crippen MR) is 216 cm³/mol. The first-order chi connectivity index (χ1) is 27.5. The summed E-state index contributed by atoms with van der Waals surface area (Å²) in [4.78, 5) is 57.4. The van der Waals surface area contributed by atoms with Gasteiger partial charge in [-0.05, 0) is 82.1 Å². The molecule has 0 unspecified atom stereocenters. The second-order valence-corrected chi connectivity index (χ2v) is 18.1. The fourth-order valence-electron chi connectivity index (χ4n) is 11.0. The third kappa shape index (κ3) is 6.90. The van der Waals surface area contributed by atoms with Crippen LogP contribution in [0.4, 0.5) is 0 Å². The van der Waals surface area contributed by atoms with Gasteiger partial charge in [0.25, 0.3) is 5.91 Å². The number of hydrogen-bond acceptors (Lipinski definition) is 9. The van der Waals surface area contributed by atoms with Crippen LogP contribution in [0.3, 0.4) is 0 Å². The van der Waals surface area contributed by atoms with Gasteiger partial charge in [-0.25, -0.2) is 9.59 Å². The molecule has 1 amide bonds. The lowest BCUT2D eigenvalue weighted by Crippen LogP contribution is -2.58. The number of carboxylic acid groups (broad SMARTS) is 1. The number of ether oxygens (including phenoxy) is 3. The highest BCUT2D eigenvalue weighted by Gasteiger charge is 2.67. The van der Waals surface area contributed by atoms with Crippen LogP contribution >= 0.6 is 23.2 Å². The summed E-state index contributed by atoms with van der Waals surface area (Å²) in [7, 11) is 0. The average Bonchev–Trinajstić information content (AvgIpc) is 3.65. The van der Waals surface area contributed by atoms with Gasteiger partial charge in [0.05, 0.1) is 34.8 Å². The number of aromatic amines is 1. The zero-order chi connectivity index (χ0) is 41.9. The van der Waals surface area contributed by atoms with Crippen molar-refractivity contribution in [2.45, 2.75) is 122 Å². The molecule has 0 radical (unpaired) electrons. The third-order valence-corrected chi connectivity index (χ3v) is 14.7. The molecular weight excluding hydrogens is 787 g/mol. The molecule has 3 fully saturated rings. The van der Waals surface area contributed by atoms with Crippen LogP contribution in [-0.2, 0) is 28.6 Å². The van der Waals surface area contributed by atoms with E-state index in [1.165, 1.54) is 6.07 Å². The van der Waals surface area contributed by atoms with E-state index < -0.39 is 76.6 Å². The maximum atomic E-state index is 15.0. The number of ketones is 1. The van der Waals surface area contributed by atoms with Crippen molar-refractivity contribution in [1.82, 2.24) is 10.3 Å². The number of aliphatic hydroxyl groups excluding tert-OH is 2. The molecule has 1 aromatic heterocycles. The van der Waals surface area contributed by atoms with E-state index in [2.05, 4.69) is 35.5 Å². The Balaban J connectivity index is 1.22. The third-order valence-electron chi connectivity index (χ3n) is 14.2. The maximum absolute atomic E-state index is 15.0. The highest BCUT2D eigenvalue weighted by atomic mass is 35.5. The van der Waals surface area contributed by atoms with Gasteiger partial charge in [0.15, 0.2) is 11.9 Å². The van der Waals surface area contributed by atoms with Crippen LogP contribution in [0.25, 0.3) is 0 Å². The van der Waals surface area contributed by atoms with Crippen molar-refractivity contribution in [3.63, 3.8) is 0 Å². The Bertz CT molecular complexity index is 1990. The van der Waals surface area contributed by atoms with Crippen LogP contribution in [0, 0.1) is 40.4 Å². The number of H-pyrrole nitrogens is 1. The van der Waals surface area contributed by atoms with Crippen molar-refractivity contribution in [2.75, 3.05) is 0 Å². The Morgan fingerprint density at radius 1 is 1.10 bits per heavy atom. The smallest absolute Gasteiger partial charge is 0.346 e. The minimum absolute atomic E-state index is 0.0220. The summed E-state index contributed by atoms with van der Waals surface area (Å²) >= 11 is 12.2. The SMILES string of the molecule is CC[C@H]1C[C@]23OC(=O)C(=C(O)[C@@]4(CC)[C@@H]5CC[C@@H](C)[C@@H](O[C@H]6C[C@H](O)[C@H](NC(=O)c7[nH]c(Cl)cc7Cl)[C@@H](C)O6)[C@H]5C=C[C@H]4C/C=C/C/C=C/[C@@]2(C)C=C1C(=O)O)C3=O. The Labute approximate surface area is 348 Å².